The predicted octanol–water partition coefficient (Wildman–Crippen LogP) is 0.817. The average Bonchev–Trinajstić information content (AvgIpc) is 2.67. The van der Waals surface area contributed by atoms with Gasteiger partial charge in [-0.2, -0.15) is 0 Å². The molecule has 5 heteroatoms. The number of aryl methyl sites for hydroxylation is 1. The largest absolute Gasteiger partial charge is 0.538 e. The maximum atomic E-state index is 5.69. The third-order valence-corrected chi connectivity index (χ3v) is 3.06. The minimum Gasteiger partial charge on any atom is -0.538 e. The Balaban J connectivity index is 1.93. The summed E-state index contributed by atoms with van der Waals surface area (Å²) in [5, 5.41) is 0. The Labute approximate surface area is 88.5 Å². The summed E-state index contributed by atoms with van der Waals surface area (Å²) in [5.41, 5.74) is 0.666. The van der Waals surface area contributed by atoms with E-state index in [0.717, 1.165) is 5.76 Å². The maximum Gasteiger partial charge on any atom is 0.444 e. The fourth-order valence-electron chi connectivity index (χ4n) is 2.09. The van der Waals surface area contributed by atoms with Gasteiger partial charge in [0.05, 0.1) is 5.76 Å². The lowest BCUT2D eigenvalue weighted by Crippen LogP contribution is -2.68. The molecule has 1 aromatic heterocycles. The molecule has 1 aromatic rings. The molecule has 4 rings (SSSR count). The van der Waals surface area contributed by atoms with Gasteiger partial charge in [-0.15, -0.1) is 0 Å². The van der Waals surface area contributed by atoms with Crippen LogP contribution < -0.4 is 5.66 Å². The highest BCUT2D eigenvalue weighted by Gasteiger charge is 2.48. The zero-order valence-electron chi connectivity index (χ0n) is 8.99. The third-order valence-electron chi connectivity index (χ3n) is 3.06. The van der Waals surface area contributed by atoms with Crippen molar-refractivity contribution >= 4 is 12.4 Å². The van der Waals surface area contributed by atoms with Crippen LogP contribution in [-0.2, 0) is 14.0 Å². The van der Waals surface area contributed by atoms with Crippen molar-refractivity contribution in [3.63, 3.8) is 0 Å². The maximum absolute atomic E-state index is 5.69. The Morgan fingerprint density at radius 1 is 1.13 bits per heavy atom. The summed E-state index contributed by atoms with van der Waals surface area (Å²) in [7, 11) is 0. The van der Waals surface area contributed by atoms with Crippen molar-refractivity contribution in [2.24, 2.45) is 5.41 Å². The fraction of sp³-hybridized carbons (Fsp3) is 0.600. The molecule has 0 saturated carbocycles. The average molecular weight is 209 g/mol. The molecule has 0 spiro atoms. The molecule has 3 aliphatic rings. The van der Waals surface area contributed by atoms with Crippen LogP contribution in [-0.4, -0.2) is 26.6 Å². The van der Waals surface area contributed by atoms with Crippen LogP contribution in [0.2, 0.25) is 0 Å². The number of fused-ring (bicyclic) bond motifs is 3. The minimum atomic E-state index is -1.80. The van der Waals surface area contributed by atoms with Crippen molar-refractivity contribution in [2.45, 2.75) is 13.8 Å². The van der Waals surface area contributed by atoms with E-state index >= 15 is 0 Å². The molecule has 0 aromatic carbocycles. The van der Waals surface area contributed by atoms with E-state index in [-0.39, 0.29) is 5.41 Å². The van der Waals surface area contributed by atoms with Gasteiger partial charge in [-0.3, -0.25) is 0 Å². The molecule has 2 bridgehead atoms. The molecule has 3 saturated heterocycles. The molecule has 0 atom stereocenters. The fourth-order valence-corrected chi connectivity index (χ4v) is 2.09. The Kier molecular flexibility index (Phi) is 1.81. The molecule has 82 valence electrons. The Bertz CT molecular complexity index is 362. The Morgan fingerprint density at radius 3 is 2.20 bits per heavy atom. The first-order chi connectivity index (χ1) is 7.12. The van der Waals surface area contributed by atoms with Gasteiger partial charge in [0.1, 0.15) is 0 Å². The molecule has 0 aliphatic carbocycles. The van der Waals surface area contributed by atoms with Gasteiger partial charge in [-0.25, -0.2) is 0 Å². The summed E-state index contributed by atoms with van der Waals surface area (Å²) in [6, 6.07) is 3.76. The van der Waals surface area contributed by atoms with Crippen LogP contribution in [0.4, 0.5) is 0 Å². The number of furan rings is 1. The first-order valence-electron chi connectivity index (χ1n) is 5.24. The molecule has 0 unspecified atom stereocenters. The zero-order chi connectivity index (χ0) is 10.5. The highest BCUT2D eigenvalue weighted by atomic mass is 16.8. The summed E-state index contributed by atoms with van der Waals surface area (Å²) in [4.78, 5) is 0. The third kappa shape index (κ3) is 1.34. The van der Waals surface area contributed by atoms with Crippen LogP contribution in [0.5, 0.6) is 0 Å². The highest BCUT2D eigenvalue weighted by Crippen LogP contribution is 2.34. The lowest BCUT2D eigenvalue weighted by Gasteiger charge is -2.56. The lowest BCUT2D eigenvalue weighted by molar-refractivity contribution is -0.121. The minimum absolute atomic E-state index is 0.00510. The molecule has 0 radical (unpaired) electrons. The molecule has 4 heterocycles. The molecular weight excluding hydrogens is 195 g/mol. The van der Waals surface area contributed by atoms with E-state index in [9.17, 15) is 0 Å². The standard InChI is InChI=1S/C10H14BO4/c1-8-3-4-9(15-8)11-12-5-10(2,6-13-11)7-14-11/h3-4H,5-7H2,1-2H3/q-1. The van der Waals surface area contributed by atoms with E-state index < -0.39 is 6.75 Å². The molecular formula is C10H14BO4-. The monoisotopic (exact) mass is 209 g/mol. The van der Waals surface area contributed by atoms with Crippen LogP contribution in [0.3, 0.4) is 0 Å². The second-order valence-electron chi connectivity index (χ2n) is 4.83. The number of hydrogen-bond donors (Lipinski definition) is 0. The first-order valence-corrected chi connectivity index (χ1v) is 5.24. The van der Waals surface area contributed by atoms with Gasteiger partial charge in [0.25, 0.3) is 0 Å². The van der Waals surface area contributed by atoms with Crippen molar-refractivity contribution < 1.29 is 18.4 Å². The molecule has 4 nitrogen and oxygen atoms in total. The first kappa shape index (κ1) is 9.45. The van der Waals surface area contributed by atoms with Crippen molar-refractivity contribution in [1.29, 1.82) is 0 Å². The van der Waals surface area contributed by atoms with Crippen LogP contribution in [0.25, 0.3) is 0 Å². The Morgan fingerprint density at radius 2 is 1.73 bits per heavy atom. The quantitative estimate of drug-likeness (QED) is 0.642. The summed E-state index contributed by atoms with van der Waals surface area (Å²) in [6.45, 7) is 4.21. The van der Waals surface area contributed by atoms with Crippen molar-refractivity contribution in [2.75, 3.05) is 19.8 Å². The summed E-state index contributed by atoms with van der Waals surface area (Å²) >= 11 is 0. The van der Waals surface area contributed by atoms with E-state index in [1.165, 1.54) is 0 Å². The zero-order valence-corrected chi connectivity index (χ0v) is 8.99. The number of hydrogen-bond acceptors (Lipinski definition) is 4. The summed E-state index contributed by atoms with van der Waals surface area (Å²) in [5.74, 6) is 0.843. The Hall–Kier alpha value is -0.775. The van der Waals surface area contributed by atoms with E-state index in [2.05, 4.69) is 6.92 Å². The van der Waals surface area contributed by atoms with Gasteiger partial charge in [-0.1, -0.05) is 13.0 Å². The second-order valence-corrected chi connectivity index (χ2v) is 4.83. The molecule has 15 heavy (non-hydrogen) atoms. The van der Waals surface area contributed by atoms with Crippen molar-refractivity contribution in [3.8, 4) is 0 Å². The van der Waals surface area contributed by atoms with Gasteiger partial charge in [0.2, 0.25) is 0 Å². The molecule has 0 amide bonds. The van der Waals surface area contributed by atoms with Crippen LogP contribution in [0.1, 0.15) is 12.7 Å². The van der Waals surface area contributed by atoms with E-state index in [1.807, 2.05) is 19.1 Å². The van der Waals surface area contributed by atoms with Gasteiger partial charge in [0.15, 0.2) is 0 Å². The van der Waals surface area contributed by atoms with E-state index in [4.69, 9.17) is 18.4 Å². The normalized spacial score (nSPS) is 39.6. The van der Waals surface area contributed by atoms with Crippen LogP contribution in [0, 0.1) is 12.3 Å². The van der Waals surface area contributed by atoms with Gasteiger partial charge in [0, 0.05) is 30.9 Å². The summed E-state index contributed by atoms with van der Waals surface area (Å²) < 4.78 is 22.6. The summed E-state index contributed by atoms with van der Waals surface area (Å²) in [6.07, 6.45) is 0. The van der Waals surface area contributed by atoms with Crippen molar-refractivity contribution in [1.82, 2.24) is 0 Å². The van der Waals surface area contributed by atoms with Gasteiger partial charge >= 0.3 is 6.75 Å². The highest BCUT2D eigenvalue weighted by molar-refractivity contribution is 6.74. The number of rotatable bonds is 1. The van der Waals surface area contributed by atoms with Gasteiger partial charge < -0.3 is 18.4 Å². The lowest BCUT2D eigenvalue weighted by atomic mass is 9.68. The smallest absolute Gasteiger partial charge is 0.444 e. The van der Waals surface area contributed by atoms with E-state index in [1.54, 1.807) is 0 Å². The second kappa shape index (κ2) is 2.87. The molecule has 3 aliphatic heterocycles. The van der Waals surface area contributed by atoms with E-state index in [0.29, 0.717) is 25.5 Å². The predicted molar refractivity (Wildman–Crippen MR) is 54.8 cm³/mol. The molecule has 0 N–H and O–H groups in total. The van der Waals surface area contributed by atoms with Crippen LogP contribution in [0.15, 0.2) is 16.5 Å². The topological polar surface area (TPSA) is 40.8 Å². The van der Waals surface area contributed by atoms with Crippen LogP contribution >= 0.6 is 0 Å². The molecule has 3 fully saturated rings. The van der Waals surface area contributed by atoms with Gasteiger partial charge in [-0.05, 0) is 13.0 Å². The SMILES string of the molecule is Cc1ccc([B-]23OCC(C)(CO2)CO3)o1. The van der Waals surface area contributed by atoms with Crippen molar-refractivity contribution in [3.05, 3.63) is 17.9 Å².